The quantitative estimate of drug-likeness (QED) is 0.723. The first kappa shape index (κ1) is 12.3. The Hall–Kier alpha value is -0.770. The molecule has 0 aromatic rings. The van der Waals surface area contributed by atoms with Gasteiger partial charge in [-0.15, -0.1) is 0 Å². The Labute approximate surface area is 92.2 Å². The van der Waals surface area contributed by atoms with Crippen molar-refractivity contribution in [3.05, 3.63) is 0 Å². The largest absolute Gasteiger partial charge is 0.341 e. The summed E-state index contributed by atoms with van der Waals surface area (Å²) >= 11 is 0. The minimum Gasteiger partial charge on any atom is -0.341 e. The van der Waals surface area contributed by atoms with Crippen LogP contribution >= 0.6 is 0 Å². The average molecular weight is 213 g/mol. The molecule has 2 amide bonds. The summed E-state index contributed by atoms with van der Waals surface area (Å²) < 4.78 is 0. The summed E-state index contributed by atoms with van der Waals surface area (Å²) in [6.07, 6.45) is 4.38. The molecular formula is C11H23N3O. The van der Waals surface area contributed by atoms with Crippen LogP contribution in [0.4, 0.5) is 4.79 Å². The van der Waals surface area contributed by atoms with Gasteiger partial charge in [-0.05, 0) is 31.6 Å². The van der Waals surface area contributed by atoms with Crippen LogP contribution in [0.15, 0.2) is 0 Å². The van der Waals surface area contributed by atoms with E-state index in [1.54, 1.807) is 11.9 Å². The lowest BCUT2D eigenvalue weighted by molar-refractivity contribution is 0.0910. The lowest BCUT2D eigenvalue weighted by Crippen LogP contribution is -2.58. The predicted molar refractivity (Wildman–Crippen MR) is 61.6 cm³/mol. The van der Waals surface area contributed by atoms with Crippen LogP contribution < -0.4 is 11.1 Å². The first-order chi connectivity index (χ1) is 7.05. The van der Waals surface area contributed by atoms with Crippen LogP contribution in [0.3, 0.4) is 0 Å². The van der Waals surface area contributed by atoms with Crippen LogP contribution in [-0.4, -0.2) is 37.1 Å². The zero-order valence-electron chi connectivity index (χ0n) is 10.0. The number of carbonyl (C=O) groups is 1. The second-order valence-electron chi connectivity index (χ2n) is 4.73. The summed E-state index contributed by atoms with van der Waals surface area (Å²) in [6.45, 7) is 2.82. The van der Waals surface area contributed by atoms with Crippen molar-refractivity contribution in [2.75, 3.05) is 20.6 Å². The van der Waals surface area contributed by atoms with Crippen molar-refractivity contribution in [2.24, 2.45) is 11.7 Å². The van der Waals surface area contributed by atoms with Gasteiger partial charge in [0.2, 0.25) is 0 Å². The summed E-state index contributed by atoms with van der Waals surface area (Å²) in [5.41, 5.74) is 5.74. The highest BCUT2D eigenvalue weighted by Gasteiger charge is 2.38. The van der Waals surface area contributed by atoms with Crippen molar-refractivity contribution in [2.45, 2.75) is 38.1 Å². The third-order valence-corrected chi connectivity index (χ3v) is 3.81. The number of rotatable bonds is 2. The lowest BCUT2D eigenvalue weighted by atomic mass is 9.76. The second kappa shape index (κ2) is 4.84. The molecule has 1 rings (SSSR count). The smallest absolute Gasteiger partial charge is 0.317 e. The highest BCUT2D eigenvalue weighted by atomic mass is 16.2. The molecule has 1 aliphatic rings. The monoisotopic (exact) mass is 213 g/mol. The molecule has 1 aliphatic carbocycles. The highest BCUT2D eigenvalue weighted by molar-refractivity contribution is 5.74. The van der Waals surface area contributed by atoms with E-state index in [0.29, 0.717) is 6.54 Å². The summed E-state index contributed by atoms with van der Waals surface area (Å²) in [7, 11) is 3.51. The SMILES string of the molecule is CNC(=O)N(C)C1(CN)CCC(C)CC1. The van der Waals surface area contributed by atoms with E-state index in [-0.39, 0.29) is 11.6 Å². The first-order valence-electron chi connectivity index (χ1n) is 5.71. The molecule has 3 N–H and O–H groups in total. The van der Waals surface area contributed by atoms with Crippen molar-refractivity contribution in [1.29, 1.82) is 0 Å². The zero-order chi connectivity index (χ0) is 11.5. The summed E-state index contributed by atoms with van der Waals surface area (Å²) in [6, 6.07) is -0.0324. The number of hydrogen-bond donors (Lipinski definition) is 2. The predicted octanol–water partition coefficient (Wildman–Crippen LogP) is 1.17. The number of nitrogens with one attached hydrogen (secondary N) is 1. The van der Waals surface area contributed by atoms with Crippen molar-refractivity contribution >= 4 is 6.03 Å². The summed E-state index contributed by atoms with van der Waals surface area (Å²) in [5, 5.41) is 2.66. The third-order valence-electron chi connectivity index (χ3n) is 3.81. The van der Waals surface area contributed by atoms with Gasteiger partial charge in [0.15, 0.2) is 0 Å². The van der Waals surface area contributed by atoms with E-state index in [4.69, 9.17) is 5.73 Å². The molecule has 0 bridgehead atoms. The Morgan fingerprint density at radius 1 is 1.53 bits per heavy atom. The van der Waals surface area contributed by atoms with Crippen molar-refractivity contribution in [3.63, 3.8) is 0 Å². The second-order valence-corrected chi connectivity index (χ2v) is 4.73. The Balaban J connectivity index is 2.72. The maximum absolute atomic E-state index is 11.6. The number of likely N-dealkylation sites (N-methyl/N-ethyl adjacent to an activating group) is 1. The van der Waals surface area contributed by atoms with Gasteiger partial charge < -0.3 is 16.0 Å². The van der Waals surface area contributed by atoms with E-state index in [9.17, 15) is 4.79 Å². The maximum atomic E-state index is 11.6. The number of nitrogens with two attached hydrogens (primary N) is 1. The van der Waals surface area contributed by atoms with E-state index >= 15 is 0 Å². The molecule has 0 heterocycles. The van der Waals surface area contributed by atoms with Gasteiger partial charge in [-0.25, -0.2) is 4.79 Å². The fourth-order valence-corrected chi connectivity index (χ4v) is 2.36. The number of urea groups is 1. The van der Waals surface area contributed by atoms with Crippen molar-refractivity contribution in [3.8, 4) is 0 Å². The van der Waals surface area contributed by atoms with Crippen LogP contribution in [-0.2, 0) is 0 Å². The minimum atomic E-state index is -0.118. The molecule has 15 heavy (non-hydrogen) atoms. The van der Waals surface area contributed by atoms with Gasteiger partial charge in [-0.2, -0.15) is 0 Å². The molecule has 0 aromatic carbocycles. The van der Waals surface area contributed by atoms with E-state index < -0.39 is 0 Å². The Morgan fingerprint density at radius 3 is 2.47 bits per heavy atom. The molecule has 0 aliphatic heterocycles. The van der Waals surface area contributed by atoms with Crippen LogP contribution in [0.2, 0.25) is 0 Å². The van der Waals surface area contributed by atoms with Crippen LogP contribution in [0, 0.1) is 5.92 Å². The molecular weight excluding hydrogens is 190 g/mol. The normalized spacial score (nSPS) is 31.1. The molecule has 1 saturated carbocycles. The fraction of sp³-hybridized carbons (Fsp3) is 0.909. The molecule has 0 aromatic heterocycles. The number of amides is 2. The molecule has 0 saturated heterocycles. The number of carbonyl (C=O) groups excluding carboxylic acids is 1. The molecule has 4 heteroatoms. The molecule has 0 spiro atoms. The molecule has 0 radical (unpaired) electrons. The molecule has 0 unspecified atom stereocenters. The highest BCUT2D eigenvalue weighted by Crippen LogP contribution is 2.35. The number of hydrogen-bond acceptors (Lipinski definition) is 2. The Bertz CT molecular complexity index is 222. The zero-order valence-corrected chi connectivity index (χ0v) is 10.0. The van der Waals surface area contributed by atoms with Gasteiger partial charge in [-0.1, -0.05) is 6.92 Å². The van der Waals surface area contributed by atoms with E-state index in [1.807, 2.05) is 7.05 Å². The maximum Gasteiger partial charge on any atom is 0.317 e. The van der Waals surface area contributed by atoms with Crippen LogP contribution in [0.1, 0.15) is 32.6 Å². The third kappa shape index (κ3) is 2.43. The van der Waals surface area contributed by atoms with Gasteiger partial charge in [0.05, 0.1) is 5.54 Å². The van der Waals surface area contributed by atoms with Crippen molar-refractivity contribution in [1.82, 2.24) is 10.2 Å². The van der Waals surface area contributed by atoms with Crippen LogP contribution in [0.5, 0.6) is 0 Å². The van der Waals surface area contributed by atoms with E-state index in [2.05, 4.69) is 12.2 Å². The Kier molecular flexibility index (Phi) is 3.97. The van der Waals surface area contributed by atoms with Gasteiger partial charge >= 0.3 is 6.03 Å². The summed E-state index contributed by atoms with van der Waals surface area (Å²) in [5.74, 6) is 0.766. The van der Waals surface area contributed by atoms with Gasteiger partial charge in [-0.3, -0.25) is 0 Å². The molecule has 1 fully saturated rings. The standard InChI is InChI=1S/C11H23N3O/c1-9-4-6-11(8-12,7-5-9)14(3)10(15)13-2/h9H,4-8,12H2,1-3H3,(H,13,15). The molecule has 4 nitrogen and oxygen atoms in total. The van der Waals surface area contributed by atoms with Gasteiger partial charge in [0.25, 0.3) is 0 Å². The topological polar surface area (TPSA) is 58.4 Å². The Morgan fingerprint density at radius 2 is 2.07 bits per heavy atom. The first-order valence-corrected chi connectivity index (χ1v) is 5.71. The summed E-state index contributed by atoms with van der Waals surface area (Å²) in [4.78, 5) is 13.4. The average Bonchev–Trinajstić information content (AvgIpc) is 2.28. The van der Waals surface area contributed by atoms with Crippen molar-refractivity contribution < 1.29 is 4.79 Å². The molecule has 0 atom stereocenters. The van der Waals surface area contributed by atoms with E-state index in [0.717, 1.165) is 18.8 Å². The molecule has 88 valence electrons. The minimum absolute atomic E-state index is 0.0324. The van der Waals surface area contributed by atoms with E-state index in [1.165, 1.54) is 12.8 Å². The van der Waals surface area contributed by atoms with Gasteiger partial charge in [0.1, 0.15) is 0 Å². The van der Waals surface area contributed by atoms with Gasteiger partial charge in [0, 0.05) is 20.6 Å². The lowest BCUT2D eigenvalue weighted by Gasteiger charge is -2.45. The number of nitrogens with zero attached hydrogens (tertiary/aromatic N) is 1. The fourth-order valence-electron chi connectivity index (χ4n) is 2.36. The van der Waals surface area contributed by atoms with Crippen LogP contribution in [0.25, 0.3) is 0 Å².